The molecular formula is C15H20N4. The van der Waals surface area contributed by atoms with E-state index in [1.54, 1.807) is 0 Å². The lowest BCUT2D eigenvalue weighted by atomic mass is 9.93. The summed E-state index contributed by atoms with van der Waals surface area (Å²) in [6.07, 6.45) is 5.64. The third kappa shape index (κ3) is 1.62. The van der Waals surface area contributed by atoms with Crippen molar-refractivity contribution in [2.24, 2.45) is 0 Å². The molecule has 2 bridgehead atoms. The van der Waals surface area contributed by atoms with Gasteiger partial charge in [0, 0.05) is 41.7 Å². The Morgan fingerprint density at radius 1 is 1.32 bits per heavy atom. The molecule has 2 aliphatic heterocycles. The van der Waals surface area contributed by atoms with Crippen LogP contribution < -0.4 is 5.32 Å². The van der Waals surface area contributed by atoms with Gasteiger partial charge in [0.2, 0.25) is 0 Å². The maximum Gasteiger partial charge on any atom is 0.155 e. The fourth-order valence-corrected chi connectivity index (χ4v) is 3.31. The van der Waals surface area contributed by atoms with Gasteiger partial charge in [0.15, 0.2) is 5.65 Å². The van der Waals surface area contributed by atoms with Crippen molar-refractivity contribution in [3.8, 4) is 0 Å². The molecule has 100 valence electrons. The molecule has 1 N–H and O–H groups in total. The van der Waals surface area contributed by atoms with Crippen molar-refractivity contribution in [2.45, 2.75) is 57.5 Å². The highest BCUT2D eigenvalue weighted by atomic mass is 15.3. The molecule has 1 saturated heterocycles. The van der Waals surface area contributed by atoms with Crippen LogP contribution in [0.1, 0.15) is 56.6 Å². The first-order valence-electron chi connectivity index (χ1n) is 7.16. The highest BCUT2D eigenvalue weighted by Crippen LogP contribution is 2.35. The number of hydrogen-bond acceptors (Lipinski definition) is 3. The molecule has 2 aromatic heterocycles. The summed E-state index contributed by atoms with van der Waals surface area (Å²) in [7, 11) is 0. The van der Waals surface area contributed by atoms with E-state index in [1.165, 1.54) is 24.1 Å². The van der Waals surface area contributed by atoms with Gasteiger partial charge in [0.1, 0.15) is 0 Å². The maximum atomic E-state index is 4.82. The van der Waals surface area contributed by atoms with Crippen molar-refractivity contribution in [2.75, 3.05) is 0 Å². The molecule has 1 fully saturated rings. The largest absolute Gasteiger partial charge is 0.307 e. The fraction of sp³-hybridized carbons (Fsp3) is 0.600. The van der Waals surface area contributed by atoms with Crippen LogP contribution in [-0.2, 0) is 11.8 Å². The van der Waals surface area contributed by atoms with Gasteiger partial charge in [0.25, 0.3) is 0 Å². The summed E-state index contributed by atoms with van der Waals surface area (Å²) in [5, 5.41) is 8.49. The predicted molar refractivity (Wildman–Crippen MR) is 74.3 cm³/mol. The first-order valence-corrected chi connectivity index (χ1v) is 7.16. The lowest BCUT2D eigenvalue weighted by Gasteiger charge is -2.24. The molecule has 4 heteroatoms. The zero-order valence-corrected chi connectivity index (χ0v) is 11.8. The van der Waals surface area contributed by atoms with E-state index in [1.807, 2.05) is 0 Å². The molecule has 2 atom stereocenters. The van der Waals surface area contributed by atoms with Crippen LogP contribution in [0.2, 0.25) is 0 Å². The Balaban J connectivity index is 1.94. The predicted octanol–water partition coefficient (Wildman–Crippen LogP) is 2.38. The van der Waals surface area contributed by atoms with Gasteiger partial charge in [-0.25, -0.2) is 9.50 Å². The topological polar surface area (TPSA) is 42.2 Å². The van der Waals surface area contributed by atoms with E-state index < -0.39 is 0 Å². The first-order chi connectivity index (χ1) is 9.02. The third-order valence-corrected chi connectivity index (χ3v) is 4.44. The SMILES string of the molecule is CC(C)(C)c1cc2ncc3c(n2n1)C[C@H]1CC[C@H]3N1. The van der Waals surface area contributed by atoms with Crippen LogP contribution in [0.4, 0.5) is 0 Å². The van der Waals surface area contributed by atoms with Crippen LogP contribution in [0.25, 0.3) is 5.65 Å². The molecule has 2 aromatic rings. The second-order valence-corrected chi connectivity index (χ2v) is 6.91. The van der Waals surface area contributed by atoms with Gasteiger partial charge in [-0.15, -0.1) is 0 Å². The summed E-state index contributed by atoms with van der Waals surface area (Å²) in [6.45, 7) is 6.60. The zero-order chi connectivity index (χ0) is 13.2. The van der Waals surface area contributed by atoms with Crippen LogP contribution in [0.3, 0.4) is 0 Å². The fourth-order valence-electron chi connectivity index (χ4n) is 3.31. The second kappa shape index (κ2) is 3.57. The zero-order valence-electron chi connectivity index (χ0n) is 11.8. The van der Waals surface area contributed by atoms with E-state index in [2.05, 4.69) is 47.9 Å². The maximum absolute atomic E-state index is 4.82. The average Bonchev–Trinajstić information content (AvgIpc) is 2.93. The summed E-state index contributed by atoms with van der Waals surface area (Å²) in [6, 6.07) is 3.25. The third-order valence-electron chi connectivity index (χ3n) is 4.44. The van der Waals surface area contributed by atoms with Gasteiger partial charge in [-0.3, -0.25) is 0 Å². The van der Waals surface area contributed by atoms with Gasteiger partial charge in [-0.1, -0.05) is 20.8 Å². The van der Waals surface area contributed by atoms with Crippen LogP contribution >= 0.6 is 0 Å². The van der Waals surface area contributed by atoms with Crippen LogP contribution in [0.5, 0.6) is 0 Å². The minimum Gasteiger partial charge on any atom is -0.307 e. The Hall–Kier alpha value is -1.42. The van der Waals surface area contributed by atoms with Crippen molar-refractivity contribution >= 4 is 5.65 Å². The number of aromatic nitrogens is 3. The van der Waals surface area contributed by atoms with Crippen LogP contribution in [0, 0.1) is 0 Å². The normalized spacial score (nSPS) is 25.8. The van der Waals surface area contributed by atoms with Crippen LogP contribution in [0.15, 0.2) is 12.3 Å². The molecule has 0 aromatic carbocycles. The molecule has 0 unspecified atom stereocenters. The van der Waals surface area contributed by atoms with Crippen molar-refractivity contribution in [3.63, 3.8) is 0 Å². The molecule has 0 aliphatic carbocycles. The Morgan fingerprint density at radius 2 is 2.16 bits per heavy atom. The summed E-state index contributed by atoms with van der Waals surface area (Å²) in [5.74, 6) is 0. The first kappa shape index (κ1) is 11.4. The highest BCUT2D eigenvalue weighted by Gasteiger charge is 2.34. The minimum atomic E-state index is 0.0759. The molecule has 19 heavy (non-hydrogen) atoms. The number of rotatable bonds is 0. The molecule has 0 radical (unpaired) electrons. The van der Waals surface area contributed by atoms with Gasteiger partial charge < -0.3 is 5.32 Å². The van der Waals surface area contributed by atoms with E-state index in [-0.39, 0.29) is 5.41 Å². The van der Waals surface area contributed by atoms with E-state index >= 15 is 0 Å². The second-order valence-electron chi connectivity index (χ2n) is 6.91. The summed E-state index contributed by atoms with van der Waals surface area (Å²) in [5.41, 5.74) is 4.91. The highest BCUT2D eigenvalue weighted by molar-refractivity contribution is 5.45. The molecular weight excluding hydrogens is 236 g/mol. The summed E-state index contributed by atoms with van der Waals surface area (Å²) >= 11 is 0. The molecule has 4 rings (SSSR count). The lowest BCUT2D eigenvalue weighted by molar-refractivity contribution is 0.492. The van der Waals surface area contributed by atoms with Crippen molar-refractivity contribution in [1.29, 1.82) is 0 Å². The number of hydrogen-bond donors (Lipinski definition) is 1. The van der Waals surface area contributed by atoms with Gasteiger partial charge in [-0.2, -0.15) is 5.10 Å². The van der Waals surface area contributed by atoms with E-state index in [0.29, 0.717) is 12.1 Å². The van der Waals surface area contributed by atoms with Crippen molar-refractivity contribution in [1.82, 2.24) is 19.9 Å². The van der Waals surface area contributed by atoms with E-state index in [0.717, 1.165) is 17.8 Å². The van der Waals surface area contributed by atoms with Gasteiger partial charge in [-0.05, 0) is 12.8 Å². The Morgan fingerprint density at radius 3 is 2.95 bits per heavy atom. The molecule has 0 amide bonds. The van der Waals surface area contributed by atoms with Crippen molar-refractivity contribution in [3.05, 3.63) is 29.2 Å². The van der Waals surface area contributed by atoms with Gasteiger partial charge in [0.05, 0.1) is 11.4 Å². The Kier molecular flexibility index (Phi) is 2.14. The summed E-state index contributed by atoms with van der Waals surface area (Å²) < 4.78 is 2.09. The molecule has 4 nitrogen and oxygen atoms in total. The van der Waals surface area contributed by atoms with Crippen molar-refractivity contribution < 1.29 is 0 Å². The molecule has 4 heterocycles. The lowest BCUT2D eigenvalue weighted by Crippen LogP contribution is -2.33. The van der Waals surface area contributed by atoms with Crippen LogP contribution in [-0.4, -0.2) is 20.6 Å². The Bertz CT molecular complexity index is 650. The number of nitrogens with zero attached hydrogens (tertiary/aromatic N) is 3. The number of nitrogens with one attached hydrogen (secondary N) is 1. The smallest absolute Gasteiger partial charge is 0.155 e. The Labute approximate surface area is 113 Å². The quantitative estimate of drug-likeness (QED) is 0.787. The molecule has 0 spiro atoms. The molecule has 0 saturated carbocycles. The standard InChI is InChI=1S/C15H20N4/c1-15(2,3)13-7-14-16-8-10-11-5-4-9(17-11)6-12(10)19(14)18-13/h7-9,11,17H,4-6H2,1-3H3/t9-,11-/m1/s1. The van der Waals surface area contributed by atoms with E-state index in [9.17, 15) is 0 Å². The average molecular weight is 256 g/mol. The van der Waals surface area contributed by atoms with E-state index in [4.69, 9.17) is 5.10 Å². The van der Waals surface area contributed by atoms with Gasteiger partial charge >= 0.3 is 0 Å². The minimum absolute atomic E-state index is 0.0759. The summed E-state index contributed by atoms with van der Waals surface area (Å²) in [4.78, 5) is 4.61. The molecule has 2 aliphatic rings. The number of fused-ring (bicyclic) bond motifs is 6. The monoisotopic (exact) mass is 256 g/mol.